The molecule has 1 amide bonds. The van der Waals surface area contributed by atoms with E-state index in [2.05, 4.69) is 9.88 Å². The predicted octanol–water partition coefficient (Wildman–Crippen LogP) is 0.941. The molecule has 0 aromatic carbocycles. The lowest BCUT2D eigenvalue weighted by molar-refractivity contribution is 0.0770. The first-order chi connectivity index (χ1) is 11.0. The fourth-order valence-electron chi connectivity index (χ4n) is 3.99. The van der Waals surface area contributed by atoms with Crippen LogP contribution in [0.5, 0.6) is 0 Å². The number of carbonyl (C=O) groups excluding carboxylic acids is 1. The van der Waals surface area contributed by atoms with Crippen LogP contribution in [-0.2, 0) is 9.84 Å². The second-order valence-corrected chi connectivity index (χ2v) is 9.14. The minimum atomic E-state index is -2.97. The smallest absolute Gasteiger partial charge is 0.255 e. The molecule has 1 aromatic rings. The zero-order valence-corrected chi connectivity index (χ0v) is 13.8. The summed E-state index contributed by atoms with van der Waals surface area (Å²) in [7, 11) is -2.97. The number of fused-ring (bicyclic) bond motifs is 2. The van der Waals surface area contributed by atoms with Crippen molar-refractivity contribution in [1.82, 2.24) is 9.88 Å². The Kier molecular flexibility index (Phi) is 3.55. The van der Waals surface area contributed by atoms with Crippen LogP contribution in [0.25, 0.3) is 0 Å². The number of pyridine rings is 1. The van der Waals surface area contributed by atoms with E-state index in [1.165, 1.54) is 19.3 Å². The SMILES string of the molecule is O=C(c1ccc(N2CC3CCC2C3)nc1)N1CCS(=O)(=O)CC1. The molecule has 23 heavy (non-hydrogen) atoms. The second-order valence-electron chi connectivity index (χ2n) is 6.83. The lowest BCUT2D eigenvalue weighted by Crippen LogP contribution is -2.43. The van der Waals surface area contributed by atoms with Crippen molar-refractivity contribution in [2.45, 2.75) is 25.3 Å². The molecular weight excluding hydrogens is 314 g/mol. The highest BCUT2D eigenvalue weighted by Gasteiger charge is 2.38. The third-order valence-electron chi connectivity index (χ3n) is 5.33. The minimum absolute atomic E-state index is 0.0566. The molecule has 2 bridgehead atoms. The molecule has 3 fully saturated rings. The third-order valence-corrected chi connectivity index (χ3v) is 6.94. The van der Waals surface area contributed by atoms with Gasteiger partial charge in [-0.2, -0.15) is 0 Å². The average Bonchev–Trinajstić information content (AvgIpc) is 3.17. The van der Waals surface area contributed by atoms with Crippen LogP contribution in [0.2, 0.25) is 0 Å². The number of hydrogen-bond acceptors (Lipinski definition) is 5. The molecule has 2 unspecified atom stereocenters. The molecule has 2 saturated heterocycles. The van der Waals surface area contributed by atoms with Crippen LogP contribution >= 0.6 is 0 Å². The molecule has 124 valence electrons. The summed E-state index contributed by atoms with van der Waals surface area (Å²) in [6.07, 6.45) is 5.47. The van der Waals surface area contributed by atoms with Crippen LogP contribution in [0.4, 0.5) is 5.82 Å². The number of carbonyl (C=O) groups is 1. The van der Waals surface area contributed by atoms with Crippen molar-refractivity contribution in [3.63, 3.8) is 0 Å². The number of nitrogens with zero attached hydrogens (tertiary/aromatic N) is 3. The van der Waals surface area contributed by atoms with Crippen molar-refractivity contribution >= 4 is 21.6 Å². The molecule has 1 aromatic heterocycles. The lowest BCUT2D eigenvalue weighted by atomic mass is 10.1. The Bertz CT molecular complexity index is 703. The Hall–Kier alpha value is -1.63. The van der Waals surface area contributed by atoms with E-state index in [1.807, 2.05) is 12.1 Å². The van der Waals surface area contributed by atoms with E-state index in [1.54, 1.807) is 11.1 Å². The van der Waals surface area contributed by atoms with E-state index < -0.39 is 9.84 Å². The van der Waals surface area contributed by atoms with E-state index in [4.69, 9.17) is 0 Å². The highest BCUT2D eigenvalue weighted by atomic mass is 32.2. The van der Waals surface area contributed by atoms with Crippen molar-refractivity contribution in [3.05, 3.63) is 23.9 Å². The van der Waals surface area contributed by atoms with Gasteiger partial charge in [-0.15, -0.1) is 0 Å². The Labute approximate surface area is 136 Å². The van der Waals surface area contributed by atoms with Crippen molar-refractivity contribution in [3.8, 4) is 0 Å². The van der Waals surface area contributed by atoms with E-state index in [0.29, 0.717) is 11.6 Å². The number of aromatic nitrogens is 1. The molecule has 3 heterocycles. The number of sulfone groups is 1. The molecule has 2 atom stereocenters. The van der Waals surface area contributed by atoms with Crippen LogP contribution in [0, 0.1) is 5.92 Å². The number of rotatable bonds is 2. The number of hydrogen-bond donors (Lipinski definition) is 0. The van der Waals surface area contributed by atoms with Gasteiger partial charge in [0.1, 0.15) is 5.82 Å². The summed E-state index contributed by atoms with van der Waals surface area (Å²) in [5, 5.41) is 0. The maximum absolute atomic E-state index is 12.4. The molecule has 4 rings (SSSR count). The van der Waals surface area contributed by atoms with E-state index in [9.17, 15) is 13.2 Å². The Morgan fingerprint density at radius 1 is 1.17 bits per heavy atom. The number of amides is 1. The van der Waals surface area contributed by atoms with E-state index in [0.717, 1.165) is 18.3 Å². The fraction of sp³-hybridized carbons (Fsp3) is 0.625. The van der Waals surface area contributed by atoms with Gasteiger partial charge in [-0.1, -0.05) is 0 Å². The summed E-state index contributed by atoms with van der Waals surface area (Å²) in [5.41, 5.74) is 0.539. The zero-order valence-electron chi connectivity index (χ0n) is 13.0. The van der Waals surface area contributed by atoms with Gasteiger partial charge < -0.3 is 9.80 Å². The second kappa shape index (κ2) is 5.47. The van der Waals surface area contributed by atoms with Gasteiger partial charge in [-0.25, -0.2) is 13.4 Å². The quantitative estimate of drug-likeness (QED) is 0.804. The maximum Gasteiger partial charge on any atom is 0.255 e. The topological polar surface area (TPSA) is 70.6 Å². The largest absolute Gasteiger partial charge is 0.353 e. The van der Waals surface area contributed by atoms with Gasteiger partial charge in [0.05, 0.1) is 17.1 Å². The maximum atomic E-state index is 12.4. The standard InChI is InChI=1S/C16H21N3O3S/c20-16(18-5-7-23(21,22)8-6-18)13-2-4-15(17-10-13)19-11-12-1-3-14(19)9-12/h2,4,10,12,14H,1,3,5-9,11H2. The molecule has 7 heteroatoms. The first-order valence-electron chi connectivity index (χ1n) is 8.24. The summed E-state index contributed by atoms with van der Waals surface area (Å²) >= 11 is 0. The first-order valence-corrected chi connectivity index (χ1v) is 10.1. The van der Waals surface area contributed by atoms with Gasteiger partial charge in [0.15, 0.2) is 9.84 Å². The van der Waals surface area contributed by atoms with Crippen LogP contribution < -0.4 is 4.90 Å². The number of anilines is 1. The summed E-state index contributed by atoms with van der Waals surface area (Å²) < 4.78 is 22.9. The van der Waals surface area contributed by atoms with Crippen molar-refractivity contribution in [2.24, 2.45) is 5.92 Å². The van der Waals surface area contributed by atoms with Gasteiger partial charge in [0.2, 0.25) is 0 Å². The number of piperidine rings is 1. The summed E-state index contributed by atoms with van der Waals surface area (Å²) in [4.78, 5) is 20.9. The van der Waals surface area contributed by atoms with Crippen LogP contribution in [-0.4, -0.2) is 61.4 Å². The normalized spacial score (nSPS) is 29.0. The first kappa shape index (κ1) is 14.9. The van der Waals surface area contributed by atoms with Gasteiger partial charge in [0.25, 0.3) is 5.91 Å². The minimum Gasteiger partial charge on any atom is -0.353 e. The van der Waals surface area contributed by atoms with Crippen LogP contribution in [0.1, 0.15) is 29.6 Å². The Balaban J connectivity index is 1.45. The Morgan fingerprint density at radius 2 is 1.96 bits per heavy atom. The highest BCUT2D eigenvalue weighted by Crippen LogP contribution is 2.39. The van der Waals surface area contributed by atoms with Crippen LogP contribution in [0.15, 0.2) is 18.3 Å². The van der Waals surface area contributed by atoms with E-state index >= 15 is 0 Å². The summed E-state index contributed by atoms with van der Waals surface area (Å²) in [6.45, 7) is 1.63. The monoisotopic (exact) mass is 335 g/mol. The fourth-order valence-corrected chi connectivity index (χ4v) is 5.19. The molecule has 0 spiro atoms. The molecular formula is C16H21N3O3S. The molecule has 1 saturated carbocycles. The van der Waals surface area contributed by atoms with Crippen molar-refractivity contribution in [2.75, 3.05) is 36.0 Å². The van der Waals surface area contributed by atoms with Gasteiger partial charge in [-0.3, -0.25) is 4.79 Å². The molecule has 1 aliphatic carbocycles. The highest BCUT2D eigenvalue weighted by molar-refractivity contribution is 7.91. The summed E-state index contributed by atoms with van der Waals surface area (Å²) in [6, 6.07) is 4.36. The van der Waals surface area contributed by atoms with Gasteiger partial charge >= 0.3 is 0 Å². The van der Waals surface area contributed by atoms with E-state index in [-0.39, 0.29) is 30.5 Å². The average molecular weight is 335 g/mol. The summed E-state index contributed by atoms with van der Waals surface area (Å²) in [5.74, 6) is 1.75. The Morgan fingerprint density at radius 3 is 2.52 bits per heavy atom. The third kappa shape index (κ3) is 2.82. The molecule has 0 radical (unpaired) electrons. The van der Waals surface area contributed by atoms with Crippen molar-refractivity contribution in [1.29, 1.82) is 0 Å². The van der Waals surface area contributed by atoms with Crippen molar-refractivity contribution < 1.29 is 13.2 Å². The van der Waals surface area contributed by atoms with Gasteiger partial charge in [0, 0.05) is 31.9 Å². The lowest BCUT2D eigenvalue weighted by Gasteiger charge is -2.29. The molecule has 2 aliphatic heterocycles. The predicted molar refractivity (Wildman–Crippen MR) is 87.3 cm³/mol. The molecule has 0 N–H and O–H groups in total. The zero-order chi connectivity index (χ0) is 16.0. The van der Waals surface area contributed by atoms with Crippen LogP contribution in [0.3, 0.4) is 0 Å². The molecule has 6 nitrogen and oxygen atoms in total. The van der Waals surface area contributed by atoms with Gasteiger partial charge in [-0.05, 0) is 37.3 Å². The molecule has 3 aliphatic rings.